The van der Waals surface area contributed by atoms with Gasteiger partial charge in [0.2, 0.25) is 5.91 Å². The lowest BCUT2D eigenvalue weighted by molar-refractivity contribution is -0.117. The molecule has 1 saturated heterocycles. The van der Waals surface area contributed by atoms with Crippen LogP contribution in [0.25, 0.3) is 0 Å². The third kappa shape index (κ3) is 3.49. The fourth-order valence-electron chi connectivity index (χ4n) is 1.87. The summed E-state index contributed by atoms with van der Waals surface area (Å²) in [7, 11) is 0. The zero-order valence-electron chi connectivity index (χ0n) is 9.33. The second-order valence-corrected chi connectivity index (χ2v) is 4.18. The Morgan fingerprint density at radius 3 is 2.71 bits per heavy atom. The molecular formula is C12H14F2N2O. The number of nitrogens with zero attached hydrogens (tertiary/aromatic N) is 1. The predicted octanol–water partition coefficient (Wildman–Crippen LogP) is 1.81. The van der Waals surface area contributed by atoms with E-state index in [1.165, 1.54) is 24.3 Å². The van der Waals surface area contributed by atoms with Gasteiger partial charge in [-0.2, -0.15) is 0 Å². The molecule has 0 aromatic heterocycles. The van der Waals surface area contributed by atoms with Crippen molar-refractivity contribution in [2.24, 2.45) is 0 Å². The molecule has 1 aliphatic heterocycles. The number of carbonyl (C=O) groups excluding carboxylic acids is 1. The monoisotopic (exact) mass is 240 g/mol. The lowest BCUT2D eigenvalue weighted by Gasteiger charge is -2.14. The Labute approximate surface area is 98.4 Å². The van der Waals surface area contributed by atoms with Gasteiger partial charge in [-0.1, -0.05) is 0 Å². The molecule has 1 fully saturated rings. The van der Waals surface area contributed by atoms with Crippen molar-refractivity contribution in [1.82, 2.24) is 4.90 Å². The lowest BCUT2D eigenvalue weighted by Crippen LogP contribution is -2.31. The van der Waals surface area contributed by atoms with E-state index in [1.54, 1.807) is 4.90 Å². The number of nitrogens with one attached hydrogen (secondary N) is 1. The number of amides is 1. The second kappa shape index (κ2) is 5.23. The van der Waals surface area contributed by atoms with E-state index in [2.05, 4.69) is 5.32 Å². The topological polar surface area (TPSA) is 32.3 Å². The SMILES string of the molecule is O=C(CN1CCC(F)C1)Nc1ccc(F)cc1. The van der Waals surface area contributed by atoms with Gasteiger partial charge in [-0.05, 0) is 30.7 Å². The molecule has 1 amide bonds. The van der Waals surface area contributed by atoms with Crippen LogP contribution >= 0.6 is 0 Å². The number of rotatable bonds is 3. The number of hydrogen-bond donors (Lipinski definition) is 1. The van der Waals surface area contributed by atoms with Gasteiger partial charge in [-0.25, -0.2) is 8.78 Å². The summed E-state index contributed by atoms with van der Waals surface area (Å²) >= 11 is 0. The summed E-state index contributed by atoms with van der Waals surface area (Å²) in [5.74, 6) is -0.548. The van der Waals surface area contributed by atoms with Crippen molar-refractivity contribution in [2.75, 3.05) is 25.0 Å². The van der Waals surface area contributed by atoms with Gasteiger partial charge in [0.05, 0.1) is 6.54 Å². The van der Waals surface area contributed by atoms with E-state index in [-0.39, 0.29) is 18.3 Å². The van der Waals surface area contributed by atoms with Crippen molar-refractivity contribution in [3.8, 4) is 0 Å². The Balaban J connectivity index is 1.83. The number of alkyl halides is 1. The van der Waals surface area contributed by atoms with Gasteiger partial charge in [0, 0.05) is 18.8 Å². The molecule has 1 unspecified atom stereocenters. The molecule has 3 nitrogen and oxygen atoms in total. The van der Waals surface area contributed by atoms with Gasteiger partial charge in [-0.15, -0.1) is 0 Å². The molecule has 2 rings (SSSR count). The van der Waals surface area contributed by atoms with Gasteiger partial charge < -0.3 is 5.32 Å². The lowest BCUT2D eigenvalue weighted by atomic mass is 10.3. The number of hydrogen-bond acceptors (Lipinski definition) is 2. The third-order valence-electron chi connectivity index (χ3n) is 2.71. The van der Waals surface area contributed by atoms with E-state index in [1.807, 2.05) is 0 Å². The van der Waals surface area contributed by atoms with Crippen molar-refractivity contribution in [1.29, 1.82) is 0 Å². The number of halogens is 2. The van der Waals surface area contributed by atoms with Crippen molar-refractivity contribution in [2.45, 2.75) is 12.6 Å². The molecular weight excluding hydrogens is 226 g/mol. The van der Waals surface area contributed by atoms with Crippen molar-refractivity contribution < 1.29 is 13.6 Å². The molecule has 1 N–H and O–H groups in total. The van der Waals surface area contributed by atoms with E-state index in [0.29, 0.717) is 25.2 Å². The summed E-state index contributed by atoms with van der Waals surface area (Å²) in [6.45, 7) is 1.10. The molecule has 5 heteroatoms. The molecule has 0 spiro atoms. The van der Waals surface area contributed by atoms with E-state index in [4.69, 9.17) is 0 Å². The normalized spacial score (nSPS) is 20.5. The van der Waals surface area contributed by atoms with Gasteiger partial charge in [-0.3, -0.25) is 9.69 Å². The largest absolute Gasteiger partial charge is 0.325 e. The Kier molecular flexibility index (Phi) is 3.68. The van der Waals surface area contributed by atoms with Crippen LogP contribution in [0.1, 0.15) is 6.42 Å². The first kappa shape index (κ1) is 12.0. The first-order valence-electron chi connectivity index (χ1n) is 5.55. The summed E-state index contributed by atoms with van der Waals surface area (Å²) < 4.78 is 25.5. The van der Waals surface area contributed by atoms with Crippen LogP contribution in [0, 0.1) is 5.82 Å². The van der Waals surface area contributed by atoms with Crippen molar-refractivity contribution >= 4 is 11.6 Å². The molecule has 92 valence electrons. The van der Waals surface area contributed by atoms with Gasteiger partial charge in [0.25, 0.3) is 0 Å². The molecule has 1 aliphatic rings. The van der Waals surface area contributed by atoms with Crippen molar-refractivity contribution in [3.05, 3.63) is 30.1 Å². The molecule has 0 aliphatic carbocycles. The van der Waals surface area contributed by atoms with Crippen molar-refractivity contribution in [3.63, 3.8) is 0 Å². The summed E-state index contributed by atoms with van der Waals surface area (Å²) in [6.07, 6.45) is -0.335. The third-order valence-corrected chi connectivity index (χ3v) is 2.71. The second-order valence-electron chi connectivity index (χ2n) is 4.18. The van der Waals surface area contributed by atoms with Crippen LogP contribution in [0.3, 0.4) is 0 Å². The smallest absolute Gasteiger partial charge is 0.238 e. The minimum absolute atomic E-state index is 0.178. The summed E-state index contributed by atoms with van der Waals surface area (Å²) in [4.78, 5) is 13.4. The number of benzene rings is 1. The summed E-state index contributed by atoms with van der Waals surface area (Å²) in [5, 5.41) is 2.64. The van der Waals surface area contributed by atoms with E-state index in [9.17, 15) is 13.6 Å². The maximum absolute atomic E-state index is 12.9. The highest BCUT2D eigenvalue weighted by molar-refractivity contribution is 5.92. The Hall–Kier alpha value is -1.49. The van der Waals surface area contributed by atoms with Gasteiger partial charge in [0.15, 0.2) is 0 Å². The van der Waals surface area contributed by atoms with E-state index in [0.717, 1.165) is 0 Å². The predicted molar refractivity (Wildman–Crippen MR) is 61.0 cm³/mol. The van der Waals surface area contributed by atoms with E-state index >= 15 is 0 Å². The highest BCUT2D eigenvalue weighted by Crippen LogP contribution is 2.12. The van der Waals surface area contributed by atoms with Crippen LogP contribution < -0.4 is 5.32 Å². The molecule has 1 aromatic rings. The van der Waals surface area contributed by atoms with Gasteiger partial charge >= 0.3 is 0 Å². The molecule has 0 radical (unpaired) electrons. The highest BCUT2D eigenvalue weighted by Gasteiger charge is 2.23. The highest BCUT2D eigenvalue weighted by atomic mass is 19.1. The molecule has 1 atom stereocenters. The van der Waals surface area contributed by atoms with Crippen LogP contribution in [-0.4, -0.2) is 36.6 Å². The molecule has 0 saturated carbocycles. The number of anilines is 1. The Morgan fingerprint density at radius 1 is 1.41 bits per heavy atom. The first-order valence-corrected chi connectivity index (χ1v) is 5.55. The zero-order chi connectivity index (χ0) is 12.3. The standard InChI is InChI=1S/C12H14F2N2O/c13-9-1-3-11(4-2-9)15-12(17)8-16-6-5-10(14)7-16/h1-4,10H,5-8H2,(H,15,17). The van der Waals surface area contributed by atoms with Crippen LogP contribution in [-0.2, 0) is 4.79 Å². The fourth-order valence-corrected chi connectivity index (χ4v) is 1.87. The van der Waals surface area contributed by atoms with Crippen LogP contribution in [0.15, 0.2) is 24.3 Å². The quantitative estimate of drug-likeness (QED) is 0.873. The number of likely N-dealkylation sites (tertiary alicyclic amines) is 1. The molecule has 0 bridgehead atoms. The maximum Gasteiger partial charge on any atom is 0.238 e. The minimum atomic E-state index is -0.825. The minimum Gasteiger partial charge on any atom is -0.325 e. The molecule has 17 heavy (non-hydrogen) atoms. The van der Waals surface area contributed by atoms with Gasteiger partial charge in [0.1, 0.15) is 12.0 Å². The van der Waals surface area contributed by atoms with Crippen LogP contribution in [0.4, 0.5) is 14.5 Å². The maximum atomic E-state index is 12.9. The Morgan fingerprint density at radius 2 is 2.12 bits per heavy atom. The Bertz CT molecular complexity index is 394. The van der Waals surface area contributed by atoms with Crippen LogP contribution in [0.5, 0.6) is 0 Å². The number of carbonyl (C=O) groups is 1. The van der Waals surface area contributed by atoms with E-state index < -0.39 is 6.17 Å². The fraction of sp³-hybridized carbons (Fsp3) is 0.417. The summed E-state index contributed by atoms with van der Waals surface area (Å²) in [5.41, 5.74) is 0.549. The van der Waals surface area contributed by atoms with Crippen LogP contribution in [0.2, 0.25) is 0 Å². The molecule has 1 heterocycles. The first-order chi connectivity index (χ1) is 8.13. The zero-order valence-corrected chi connectivity index (χ0v) is 9.33. The molecule has 1 aromatic carbocycles. The average Bonchev–Trinajstić information content (AvgIpc) is 2.67. The average molecular weight is 240 g/mol. The summed E-state index contributed by atoms with van der Waals surface area (Å²) in [6, 6.07) is 5.55.